The van der Waals surface area contributed by atoms with Gasteiger partial charge in [-0.05, 0) is 36.4 Å². The summed E-state index contributed by atoms with van der Waals surface area (Å²) in [6, 6.07) is 19.5. The molecule has 4 nitrogen and oxygen atoms in total. The van der Waals surface area contributed by atoms with Gasteiger partial charge in [-0.2, -0.15) is 0 Å². The second-order valence-electron chi connectivity index (χ2n) is 6.82. The van der Waals surface area contributed by atoms with Gasteiger partial charge in [0.2, 0.25) is 5.91 Å². The lowest BCUT2D eigenvalue weighted by atomic mass is 10.1. The molecule has 6 heteroatoms. The van der Waals surface area contributed by atoms with Crippen LogP contribution in [0, 0.1) is 5.92 Å². The molecule has 0 spiro atoms. The van der Waals surface area contributed by atoms with Crippen LogP contribution in [-0.2, 0) is 11.2 Å². The normalized spacial score (nSPS) is 17.4. The number of amides is 1. The zero-order valence-electron chi connectivity index (χ0n) is 15.4. The zero-order valence-corrected chi connectivity index (χ0v) is 17.1. The fourth-order valence-electron chi connectivity index (χ4n) is 3.38. The molecular weight excluding hydrogens is 381 g/mol. The second-order valence-corrected chi connectivity index (χ2v) is 6.82. The lowest BCUT2D eigenvalue weighted by Gasteiger charge is -2.17. The van der Waals surface area contributed by atoms with Crippen molar-refractivity contribution >= 4 is 30.7 Å². The molecule has 1 heterocycles. The minimum Gasteiger partial charge on any atom is -0.354 e. The van der Waals surface area contributed by atoms with Crippen LogP contribution in [0.3, 0.4) is 0 Å². The molecule has 0 bridgehead atoms. The number of nitrogens with zero attached hydrogens (tertiary/aromatic N) is 1. The highest BCUT2D eigenvalue weighted by atomic mass is 35.5. The van der Waals surface area contributed by atoms with Crippen molar-refractivity contribution in [2.45, 2.75) is 18.9 Å². The van der Waals surface area contributed by atoms with Crippen LogP contribution in [0.5, 0.6) is 0 Å². The Labute approximate surface area is 174 Å². The number of hydrogen-bond donors (Lipinski definition) is 2. The van der Waals surface area contributed by atoms with E-state index >= 15 is 0 Å². The van der Waals surface area contributed by atoms with Crippen LogP contribution in [-0.4, -0.2) is 37.0 Å². The van der Waals surface area contributed by atoms with E-state index in [2.05, 4.69) is 40.5 Å². The Kier molecular flexibility index (Phi) is 10.4. The summed E-state index contributed by atoms with van der Waals surface area (Å²) >= 11 is 0. The highest BCUT2D eigenvalue weighted by molar-refractivity contribution is 5.85. The zero-order chi connectivity index (χ0) is 17.5. The number of nitrogens with one attached hydrogen (secondary N) is 1. The van der Waals surface area contributed by atoms with Crippen molar-refractivity contribution in [3.63, 3.8) is 0 Å². The first-order valence-corrected chi connectivity index (χ1v) is 9.07. The van der Waals surface area contributed by atoms with E-state index in [0.29, 0.717) is 12.5 Å². The summed E-state index contributed by atoms with van der Waals surface area (Å²) in [5, 5.41) is 3.03. The van der Waals surface area contributed by atoms with E-state index in [-0.39, 0.29) is 30.7 Å². The first-order valence-electron chi connectivity index (χ1n) is 9.07. The average Bonchev–Trinajstić information content (AvgIpc) is 3.13. The van der Waals surface area contributed by atoms with Gasteiger partial charge in [-0.1, -0.05) is 60.7 Å². The molecule has 1 aliphatic heterocycles. The highest BCUT2D eigenvalue weighted by Crippen LogP contribution is 2.16. The smallest absolute Gasteiger partial charge is 0.241 e. The molecule has 0 radical (unpaired) electrons. The predicted octanol–water partition coefficient (Wildman–Crippen LogP) is 3.21. The monoisotopic (exact) mass is 409 g/mol. The van der Waals surface area contributed by atoms with Gasteiger partial charge in [0.15, 0.2) is 0 Å². The van der Waals surface area contributed by atoms with Crippen molar-refractivity contribution in [2.75, 3.05) is 26.2 Å². The van der Waals surface area contributed by atoms with Crippen molar-refractivity contribution in [1.29, 1.82) is 0 Å². The van der Waals surface area contributed by atoms with E-state index in [1.165, 1.54) is 5.56 Å². The standard InChI is InChI=1S/C21H27N3O.2ClH/c22-20(19-9-5-2-6-10-19)21(25)23-15-18-12-14-24(16-18)13-11-17-7-3-1-4-8-17;;/h1-10,18,20H,11-16,22H2,(H,23,25);2*1H. The van der Waals surface area contributed by atoms with Crippen molar-refractivity contribution in [3.8, 4) is 0 Å². The van der Waals surface area contributed by atoms with Crippen LogP contribution in [0.25, 0.3) is 0 Å². The van der Waals surface area contributed by atoms with E-state index in [1.807, 2.05) is 30.3 Å². The number of hydrogen-bond acceptors (Lipinski definition) is 3. The lowest BCUT2D eigenvalue weighted by Crippen LogP contribution is -2.37. The Morgan fingerprint density at radius 3 is 2.37 bits per heavy atom. The quantitative estimate of drug-likeness (QED) is 0.737. The summed E-state index contributed by atoms with van der Waals surface area (Å²) in [5.41, 5.74) is 8.28. The molecule has 3 N–H and O–H groups in total. The van der Waals surface area contributed by atoms with Gasteiger partial charge >= 0.3 is 0 Å². The van der Waals surface area contributed by atoms with E-state index in [9.17, 15) is 4.79 Å². The SMILES string of the molecule is Cl.Cl.NC(C(=O)NCC1CCN(CCc2ccccc2)C1)c1ccccc1. The van der Waals surface area contributed by atoms with E-state index in [4.69, 9.17) is 5.73 Å². The van der Waals surface area contributed by atoms with E-state index < -0.39 is 6.04 Å². The Balaban J connectivity index is 0.00000182. The molecule has 2 aromatic rings. The molecule has 2 aromatic carbocycles. The maximum absolute atomic E-state index is 12.2. The lowest BCUT2D eigenvalue weighted by molar-refractivity contribution is -0.122. The molecule has 27 heavy (non-hydrogen) atoms. The molecule has 0 saturated carbocycles. The fraction of sp³-hybridized carbons (Fsp3) is 0.381. The Bertz CT molecular complexity index is 670. The molecule has 1 fully saturated rings. The molecule has 148 valence electrons. The van der Waals surface area contributed by atoms with Gasteiger partial charge in [0.05, 0.1) is 0 Å². The third-order valence-corrected chi connectivity index (χ3v) is 4.94. The molecular formula is C21H29Cl2N3O. The first-order chi connectivity index (χ1) is 12.2. The Morgan fingerprint density at radius 2 is 1.70 bits per heavy atom. The van der Waals surface area contributed by atoms with Crippen molar-refractivity contribution < 1.29 is 4.79 Å². The number of rotatable bonds is 7. The summed E-state index contributed by atoms with van der Waals surface area (Å²) < 4.78 is 0. The van der Waals surface area contributed by atoms with Crippen molar-refractivity contribution in [1.82, 2.24) is 10.2 Å². The Morgan fingerprint density at radius 1 is 1.07 bits per heavy atom. The number of benzene rings is 2. The summed E-state index contributed by atoms with van der Waals surface area (Å²) in [6.07, 6.45) is 2.22. The largest absolute Gasteiger partial charge is 0.354 e. The summed E-state index contributed by atoms with van der Waals surface area (Å²) in [6.45, 7) is 3.95. The van der Waals surface area contributed by atoms with Crippen LogP contribution >= 0.6 is 24.8 Å². The minimum atomic E-state index is -0.586. The van der Waals surface area contributed by atoms with Gasteiger partial charge < -0.3 is 16.0 Å². The van der Waals surface area contributed by atoms with Gasteiger partial charge in [-0.3, -0.25) is 4.79 Å². The van der Waals surface area contributed by atoms with Crippen LogP contribution in [0.4, 0.5) is 0 Å². The van der Waals surface area contributed by atoms with E-state index in [0.717, 1.165) is 38.0 Å². The minimum absolute atomic E-state index is 0. The summed E-state index contributed by atoms with van der Waals surface area (Å²) in [4.78, 5) is 14.7. The third-order valence-electron chi connectivity index (χ3n) is 4.94. The Hall–Kier alpha value is -1.59. The summed E-state index contributed by atoms with van der Waals surface area (Å²) in [5.74, 6) is 0.427. The van der Waals surface area contributed by atoms with Crippen LogP contribution in [0.1, 0.15) is 23.6 Å². The van der Waals surface area contributed by atoms with Crippen molar-refractivity contribution in [2.24, 2.45) is 11.7 Å². The molecule has 0 aromatic heterocycles. The predicted molar refractivity (Wildman–Crippen MR) is 116 cm³/mol. The molecule has 1 saturated heterocycles. The number of nitrogens with two attached hydrogens (primary N) is 1. The van der Waals surface area contributed by atoms with Gasteiger partial charge in [0, 0.05) is 19.6 Å². The highest BCUT2D eigenvalue weighted by Gasteiger charge is 2.23. The topological polar surface area (TPSA) is 58.4 Å². The van der Waals surface area contributed by atoms with Gasteiger partial charge in [-0.25, -0.2) is 0 Å². The molecule has 0 aliphatic carbocycles. The average molecular weight is 410 g/mol. The maximum atomic E-state index is 12.2. The molecule has 2 atom stereocenters. The number of halogens is 2. The van der Waals surface area contributed by atoms with Crippen LogP contribution < -0.4 is 11.1 Å². The maximum Gasteiger partial charge on any atom is 0.241 e. The number of likely N-dealkylation sites (tertiary alicyclic amines) is 1. The van der Waals surface area contributed by atoms with Crippen LogP contribution in [0.15, 0.2) is 60.7 Å². The molecule has 2 unspecified atom stereocenters. The van der Waals surface area contributed by atoms with Crippen LogP contribution in [0.2, 0.25) is 0 Å². The number of carbonyl (C=O) groups is 1. The van der Waals surface area contributed by atoms with Gasteiger partial charge in [0.1, 0.15) is 6.04 Å². The molecule has 1 amide bonds. The molecule has 3 rings (SSSR count). The summed E-state index contributed by atoms with van der Waals surface area (Å²) in [7, 11) is 0. The molecule has 1 aliphatic rings. The second kappa shape index (κ2) is 12.0. The van der Waals surface area contributed by atoms with Crippen molar-refractivity contribution in [3.05, 3.63) is 71.8 Å². The van der Waals surface area contributed by atoms with Gasteiger partial charge in [0.25, 0.3) is 0 Å². The fourth-order valence-corrected chi connectivity index (χ4v) is 3.38. The third kappa shape index (κ3) is 7.15. The van der Waals surface area contributed by atoms with Gasteiger partial charge in [-0.15, -0.1) is 24.8 Å². The first kappa shape index (κ1) is 23.4. The number of carbonyl (C=O) groups excluding carboxylic acids is 1. The van der Waals surface area contributed by atoms with E-state index in [1.54, 1.807) is 0 Å².